The van der Waals surface area contributed by atoms with Gasteiger partial charge in [0.15, 0.2) is 0 Å². The Morgan fingerprint density at radius 3 is 2.89 bits per heavy atom. The van der Waals surface area contributed by atoms with Crippen LogP contribution in [0.5, 0.6) is 5.75 Å². The third-order valence-corrected chi connectivity index (χ3v) is 3.83. The van der Waals surface area contributed by atoms with Crippen molar-refractivity contribution in [1.29, 1.82) is 0 Å². The number of hydrogen-bond acceptors (Lipinski definition) is 3. The van der Waals surface area contributed by atoms with Gasteiger partial charge < -0.3 is 14.8 Å². The zero-order valence-electron chi connectivity index (χ0n) is 11.6. The number of rotatable bonds is 6. The van der Waals surface area contributed by atoms with E-state index >= 15 is 0 Å². The molecular formula is C16H23NO2. The average Bonchev–Trinajstić information content (AvgIpc) is 3.16. The molecule has 3 rings (SSSR count). The molecule has 1 N–H and O–H groups in total. The molecule has 1 aromatic carbocycles. The lowest BCUT2D eigenvalue weighted by molar-refractivity contribution is 0.0264. The van der Waals surface area contributed by atoms with E-state index in [2.05, 4.69) is 30.4 Å². The molecule has 0 radical (unpaired) electrons. The summed E-state index contributed by atoms with van der Waals surface area (Å²) in [5.41, 5.74) is 1.30. The van der Waals surface area contributed by atoms with E-state index in [0.717, 1.165) is 31.2 Å². The maximum Gasteiger partial charge on any atom is 0.119 e. The van der Waals surface area contributed by atoms with Crippen molar-refractivity contribution in [3.63, 3.8) is 0 Å². The summed E-state index contributed by atoms with van der Waals surface area (Å²) in [4.78, 5) is 0. The van der Waals surface area contributed by atoms with E-state index in [1.807, 2.05) is 6.07 Å². The van der Waals surface area contributed by atoms with Crippen molar-refractivity contribution in [3.8, 4) is 5.75 Å². The van der Waals surface area contributed by atoms with E-state index < -0.39 is 0 Å². The maximum atomic E-state index is 5.85. The molecule has 3 nitrogen and oxygen atoms in total. The average molecular weight is 261 g/mol. The van der Waals surface area contributed by atoms with Crippen LogP contribution in [-0.4, -0.2) is 24.9 Å². The van der Waals surface area contributed by atoms with Gasteiger partial charge in [0.1, 0.15) is 12.4 Å². The summed E-state index contributed by atoms with van der Waals surface area (Å²) in [6.07, 6.45) is 5.58. The Labute approximate surface area is 115 Å². The number of hydrogen-bond donors (Lipinski definition) is 1. The lowest BCUT2D eigenvalue weighted by atomic mass is 10.2. The molecule has 1 aliphatic carbocycles. The molecule has 104 valence electrons. The molecule has 1 saturated heterocycles. The predicted octanol–water partition coefficient (Wildman–Crippen LogP) is 2.88. The fraction of sp³-hybridized carbons (Fsp3) is 0.625. The van der Waals surface area contributed by atoms with Gasteiger partial charge in [-0.15, -0.1) is 0 Å². The minimum atomic E-state index is 0.267. The van der Waals surface area contributed by atoms with Gasteiger partial charge in [-0.1, -0.05) is 12.1 Å². The second-order valence-corrected chi connectivity index (χ2v) is 5.76. The van der Waals surface area contributed by atoms with Gasteiger partial charge in [0.2, 0.25) is 0 Å². The highest BCUT2D eigenvalue weighted by Crippen LogP contribution is 2.22. The monoisotopic (exact) mass is 261 g/mol. The zero-order chi connectivity index (χ0) is 13.1. The quantitative estimate of drug-likeness (QED) is 0.854. The summed E-state index contributed by atoms with van der Waals surface area (Å²) < 4.78 is 11.6. The van der Waals surface area contributed by atoms with Crippen molar-refractivity contribution in [2.24, 2.45) is 0 Å². The Hall–Kier alpha value is -1.06. The fourth-order valence-electron chi connectivity index (χ4n) is 2.49. The molecule has 0 aromatic heterocycles. The molecule has 0 spiro atoms. The SMILES string of the molecule is CC1CCC(COc2cccc(CNC3CC3)c2)O1. The van der Waals surface area contributed by atoms with Crippen molar-refractivity contribution in [2.45, 2.75) is 57.4 Å². The summed E-state index contributed by atoms with van der Waals surface area (Å²) >= 11 is 0. The summed E-state index contributed by atoms with van der Waals surface area (Å²) in [5.74, 6) is 0.957. The first-order valence-electron chi connectivity index (χ1n) is 7.40. The van der Waals surface area contributed by atoms with E-state index in [1.165, 1.54) is 18.4 Å². The van der Waals surface area contributed by atoms with Gasteiger partial charge in [-0.05, 0) is 50.3 Å². The summed E-state index contributed by atoms with van der Waals surface area (Å²) in [6.45, 7) is 3.74. The predicted molar refractivity (Wildman–Crippen MR) is 75.4 cm³/mol. The molecule has 3 heteroatoms. The van der Waals surface area contributed by atoms with Crippen molar-refractivity contribution in [2.75, 3.05) is 6.61 Å². The molecule has 0 bridgehead atoms. The first-order valence-corrected chi connectivity index (χ1v) is 7.40. The standard InChI is InChI=1S/C16H23NO2/c1-12-5-8-16(19-12)11-18-15-4-2-3-13(9-15)10-17-14-6-7-14/h2-4,9,12,14,16-17H,5-8,10-11H2,1H3. The fourth-order valence-corrected chi connectivity index (χ4v) is 2.49. The molecular weight excluding hydrogens is 238 g/mol. The van der Waals surface area contributed by atoms with Gasteiger partial charge in [0.25, 0.3) is 0 Å². The topological polar surface area (TPSA) is 30.5 Å². The van der Waals surface area contributed by atoms with Gasteiger partial charge in [-0.25, -0.2) is 0 Å². The van der Waals surface area contributed by atoms with Crippen LogP contribution < -0.4 is 10.1 Å². The van der Waals surface area contributed by atoms with Crippen molar-refractivity contribution in [3.05, 3.63) is 29.8 Å². The maximum absolute atomic E-state index is 5.85. The highest BCUT2D eigenvalue weighted by atomic mass is 16.5. The van der Waals surface area contributed by atoms with Crippen LogP contribution in [-0.2, 0) is 11.3 Å². The van der Waals surface area contributed by atoms with Crippen LogP contribution in [0.4, 0.5) is 0 Å². The van der Waals surface area contributed by atoms with Crippen LogP contribution in [0.15, 0.2) is 24.3 Å². The highest BCUT2D eigenvalue weighted by molar-refractivity contribution is 5.28. The van der Waals surface area contributed by atoms with E-state index in [-0.39, 0.29) is 6.10 Å². The lowest BCUT2D eigenvalue weighted by Crippen LogP contribution is -2.18. The molecule has 1 aliphatic heterocycles. The van der Waals surface area contributed by atoms with E-state index in [1.54, 1.807) is 0 Å². The van der Waals surface area contributed by atoms with Gasteiger partial charge in [0, 0.05) is 12.6 Å². The largest absolute Gasteiger partial charge is 0.491 e. The van der Waals surface area contributed by atoms with Crippen LogP contribution >= 0.6 is 0 Å². The second-order valence-electron chi connectivity index (χ2n) is 5.76. The summed E-state index contributed by atoms with van der Waals surface area (Å²) in [6, 6.07) is 9.12. The first kappa shape index (κ1) is 12.9. The van der Waals surface area contributed by atoms with Gasteiger partial charge in [-0.2, -0.15) is 0 Å². The minimum Gasteiger partial charge on any atom is -0.491 e. The Bertz CT molecular complexity index is 417. The molecule has 2 atom stereocenters. The zero-order valence-corrected chi connectivity index (χ0v) is 11.6. The van der Waals surface area contributed by atoms with Crippen LogP contribution in [0.3, 0.4) is 0 Å². The van der Waals surface area contributed by atoms with Gasteiger partial charge >= 0.3 is 0 Å². The van der Waals surface area contributed by atoms with E-state index in [4.69, 9.17) is 9.47 Å². The number of nitrogens with one attached hydrogen (secondary N) is 1. The van der Waals surface area contributed by atoms with Crippen LogP contribution in [0.1, 0.15) is 38.2 Å². The molecule has 1 aromatic rings. The Balaban J connectivity index is 1.47. The summed E-state index contributed by atoms with van der Waals surface area (Å²) in [7, 11) is 0. The first-order chi connectivity index (χ1) is 9.29. The van der Waals surface area contributed by atoms with Gasteiger partial charge in [0.05, 0.1) is 12.2 Å². The lowest BCUT2D eigenvalue weighted by Gasteiger charge is -2.13. The van der Waals surface area contributed by atoms with Crippen molar-refractivity contribution in [1.82, 2.24) is 5.32 Å². The number of benzene rings is 1. The molecule has 19 heavy (non-hydrogen) atoms. The highest BCUT2D eigenvalue weighted by Gasteiger charge is 2.22. The van der Waals surface area contributed by atoms with Crippen molar-refractivity contribution < 1.29 is 9.47 Å². The minimum absolute atomic E-state index is 0.267. The molecule has 2 unspecified atom stereocenters. The Morgan fingerprint density at radius 1 is 1.26 bits per heavy atom. The second kappa shape index (κ2) is 5.93. The third kappa shape index (κ3) is 3.95. The Morgan fingerprint density at radius 2 is 2.16 bits per heavy atom. The van der Waals surface area contributed by atoms with Crippen molar-refractivity contribution >= 4 is 0 Å². The normalized spacial score (nSPS) is 26.6. The van der Waals surface area contributed by atoms with Crippen LogP contribution in [0.25, 0.3) is 0 Å². The molecule has 1 saturated carbocycles. The smallest absolute Gasteiger partial charge is 0.119 e. The molecule has 1 heterocycles. The summed E-state index contributed by atoms with van der Waals surface area (Å²) in [5, 5.41) is 3.52. The van der Waals surface area contributed by atoms with Gasteiger partial charge in [-0.3, -0.25) is 0 Å². The molecule has 2 aliphatic rings. The van der Waals surface area contributed by atoms with E-state index in [9.17, 15) is 0 Å². The number of ether oxygens (including phenoxy) is 2. The third-order valence-electron chi connectivity index (χ3n) is 3.83. The Kier molecular flexibility index (Phi) is 4.04. The van der Waals surface area contributed by atoms with E-state index in [0.29, 0.717) is 12.7 Å². The van der Waals surface area contributed by atoms with Crippen LogP contribution in [0.2, 0.25) is 0 Å². The van der Waals surface area contributed by atoms with Crippen LogP contribution in [0, 0.1) is 0 Å². The molecule has 2 fully saturated rings. The molecule has 0 amide bonds.